The van der Waals surface area contributed by atoms with Gasteiger partial charge in [-0.25, -0.2) is 0 Å². The summed E-state index contributed by atoms with van der Waals surface area (Å²) in [6.45, 7) is 7.73. The summed E-state index contributed by atoms with van der Waals surface area (Å²) in [6.07, 6.45) is 4.62. The van der Waals surface area contributed by atoms with E-state index in [1.54, 1.807) is 0 Å². The number of aromatic nitrogens is 2. The summed E-state index contributed by atoms with van der Waals surface area (Å²) in [5.74, 6) is 0.596. The topological polar surface area (TPSA) is 46.9 Å². The number of hydrogen-bond acceptors (Lipinski definition) is 2. The standard InChI is InChI=1S/C13H23N3O/c1-4-5-6-13(17)14-8-10-16-9-7-12(15-16)11(2)3/h7,9,11H,4-6,8,10H2,1-3H3,(H,14,17). The zero-order valence-electron chi connectivity index (χ0n) is 11.1. The molecule has 0 aliphatic carbocycles. The molecule has 0 radical (unpaired) electrons. The Balaban J connectivity index is 2.23. The van der Waals surface area contributed by atoms with Gasteiger partial charge < -0.3 is 5.32 Å². The molecule has 0 unspecified atom stereocenters. The second-order valence-corrected chi connectivity index (χ2v) is 4.61. The first-order valence-electron chi connectivity index (χ1n) is 6.43. The summed E-state index contributed by atoms with van der Waals surface area (Å²) >= 11 is 0. The van der Waals surface area contributed by atoms with Crippen molar-refractivity contribution < 1.29 is 4.79 Å². The molecule has 1 rings (SSSR count). The molecule has 1 N–H and O–H groups in total. The summed E-state index contributed by atoms with van der Waals surface area (Å²) in [5, 5.41) is 7.34. The third-order valence-electron chi connectivity index (χ3n) is 2.67. The van der Waals surface area contributed by atoms with E-state index < -0.39 is 0 Å². The van der Waals surface area contributed by atoms with Crippen molar-refractivity contribution in [3.8, 4) is 0 Å². The Morgan fingerprint density at radius 3 is 2.88 bits per heavy atom. The molecule has 0 aliphatic rings. The Kier molecular flexibility index (Phi) is 5.73. The van der Waals surface area contributed by atoms with E-state index in [0.717, 1.165) is 25.1 Å². The van der Waals surface area contributed by atoms with E-state index in [0.29, 0.717) is 18.9 Å². The van der Waals surface area contributed by atoms with Crippen LogP contribution >= 0.6 is 0 Å². The van der Waals surface area contributed by atoms with Crippen molar-refractivity contribution in [1.29, 1.82) is 0 Å². The van der Waals surface area contributed by atoms with Crippen LogP contribution in [0, 0.1) is 0 Å². The number of nitrogens with one attached hydrogen (secondary N) is 1. The van der Waals surface area contributed by atoms with Crippen LogP contribution in [-0.4, -0.2) is 22.2 Å². The molecule has 4 nitrogen and oxygen atoms in total. The number of carbonyl (C=O) groups is 1. The number of hydrogen-bond donors (Lipinski definition) is 1. The Hall–Kier alpha value is -1.32. The van der Waals surface area contributed by atoms with E-state index in [1.165, 1.54) is 0 Å². The summed E-state index contributed by atoms with van der Waals surface area (Å²) in [7, 11) is 0. The summed E-state index contributed by atoms with van der Waals surface area (Å²) in [6, 6.07) is 2.03. The van der Waals surface area contributed by atoms with Crippen LogP contribution in [0.5, 0.6) is 0 Å². The molecule has 0 fully saturated rings. The molecular formula is C13H23N3O. The summed E-state index contributed by atoms with van der Waals surface area (Å²) in [4.78, 5) is 11.4. The van der Waals surface area contributed by atoms with Crippen LogP contribution in [0.1, 0.15) is 51.6 Å². The molecule has 0 saturated heterocycles. The Bertz CT molecular complexity index is 344. The van der Waals surface area contributed by atoms with Gasteiger partial charge in [0.15, 0.2) is 0 Å². The first kappa shape index (κ1) is 13.7. The van der Waals surface area contributed by atoms with Gasteiger partial charge in [-0.1, -0.05) is 27.2 Å². The predicted octanol–water partition coefficient (Wildman–Crippen LogP) is 2.31. The van der Waals surface area contributed by atoms with Gasteiger partial charge in [-0.15, -0.1) is 0 Å². The van der Waals surface area contributed by atoms with Gasteiger partial charge in [0.05, 0.1) is 12.2 Å². The maximum atomic E-state index is 11.4. The van der Waals surface area contributed by atoms with Gasteiger partial charge in [0.1, 0.15) is 0 Å². The summed E-state index contributed by atoms with van der Waals surface area (Å²) in [5.41, 5.74) is 1.10. The lowest BCUT2D eigenvalue weighted by Crippen LogP contribution is -2.27. The molecular weight excluding hydrogens is 214 g/mol. The van der Waals surface area contributed by atoms with Crippen LogP contribution < -0.4 is 5.32 Å². The molecule has 0 saturated carbocycles. The number of rotatable bonds is 7. The molecule has 0 bridgehead atoms. The Morgan fingerprint density at radius 2 is 2.29 bits per heavy atom. The lowest BCUT2D eigenvalue weighted by Gasteiger charge is -2.05. The van der Waals surface area contributed by atoms with E-state index in [2.05, 4.69) is 31.2 Å². The highest BCUT2D eigenvalue weighted by molar-refractivity contribution is 5.75. The Labute approximate surface area is 103 Å². The van der Waals surface area contributed by atoms with Crippen molar-refractivity contribution in [1.82, 2.24) is 15.1 Å². The maximum Gasteiger partial charge on any atom is 0.220 e. The van der Waals surface area contributed by atoms with Crippen LogP contribution in [0.2, 0.25) is 0 Å². The maximum absolute atomic E-state index is 11.4. The van der Waals surface area contributed by atoms with Gasteiger partial charge in [0.2, 0.25) is 5.91 Å². The predicted molar refractivity (Wildman–Crippen MR) is 68.9 cm³/mol. The average Bonchev–Trinajstić information content (AvgIpc) is 2.75. The van der Waals surface area contributed by atoms with Crippen molar-refractivity contribution in [2.75, 3.05) is 6.54 Å². The number of carbonyl (C=O) groups excluding carboxylic acids is 1. The largest absolute Gasteiger partial charge is 0.354 e. The van der Waals surface area contributed by atoms with Crippen molar-refractivity contribution >= 4 is 5.91 Å². The SMILES string of the molecule is CCCCC(=O)NCCn1ccc(C(C)C)n1. The molecule has 1 aromatic rings. The van der Waals surface area contributed by atoms with Crippen LogP contribution in [0.15, 0.2) is 12.3 Å². The molecule has 96 valence electrons. The normalized spacial score (nSPS) is 10.8. The molecule has 17 heavy (non-hydrogen) atoms. The monoisotopic (exact) mass is 237 g/mol. The van der Waals surface area contributed by atoms with Gasteiger partial charge in [-0.05, 0) is 18.4 Å². The van der Waals surface area contributed by atoms with Crippen molar-refractivity contribution in [3.05, 3.63) is 18.0 Å². The minimum atomic E-state index is 0.142. The van der Waals surface area contributed by atoms with Crippen LogP contribution in [0.4, 0.5) is 0 Å². The van der Waals surface area contributed by atoms with Crippen molar-refractivity contribution in [3.63, 3.8) is 0 Å². The van der Waals surface area contributed by atoms with Gasteiger partial charge >= 0.3 is 0 Å². The zero-order valence-corrected chi connectivity index (χ0v) is 11.1. The molecule has 0 atom stereocenters. The van der Waals surface area contributed by atoms with Crippen LogP contribution in [0.25, 0.3) is 0 Å². The molecule has 0 aromatic carbocycles. The second kappa shape index (κ2) is 7.09. The molecule has 0 spiro atoms. The van der Waals surface area contributed by atoms with Gasteiger partial charge in [0.25, 0.3) is 0 Å². The molecule has 1 amide bonds. The van der Waals surface area contributed by atoms with Crippen molar-refractivity contribution in [2.45, 2.75) is 52.5 Å². The minimum Gasteiger partial charge on any atom is -0.354 e. The first-order chi connectivity index (χ1) is 8.13. The summed E-state index contributed by atoms with van der Waals surface area (Å²) < 4.78 is 1.88. The van der Waals surface area contributed by atoms with Crippen LogP contribution in [-0.2, 0) is 11.3 Å². The number of nitrogens with zero attached hydrogens (tertiary/aromatic N) is 2. The van der Waals surface area contributed by atoms with E-state index in [9.17, 15) is 4.79 Å². The van der Waals surface area contributed by atoms with Crippen molar-refractivity contribution in [2.24, 2.45) is 0 Å². The quantitative estimate of drug-likeness (QED) is 0.791. The lowest BCUT2D eigenvalue weighted by molar-refractivity contribution is -0.121. The minimum absolute atomic E-state index is 0.142. The third kappa shape index (κ3) is 5.02. The van der Waals surface area contributed by atoms with E-state index in [1.807, 2.05) is 16.9 Å². The Morgan fingerprint density at radius 1 is 1.53 bits per heavy atom. The fourth-order valence-electron chi connectivity index (χ4n) is 1.55. The molecule has 1 heterocycles. The highest BCUT2D eigenvalue weighted by atomic mass is 16.1. The van der Waals surface area contributed by atoms with Gasteiger partial charge in [-0.3, -0.25) is 9.48 Å². The fraction of sp³-hybridized carbons (Fsp3) is 0.692. The molecule has 1 aromatic heterocycles. The van der Waals surface area contributed by atoms with Gasteiger partial charge in [-0.2, -0.15) is 5.10 Å². The fourth-order valence-corrected chi connectivity index (χ4v) is 1.55. The third-order valence-corrected chi connectivity index (χ3v) is 2.67. The number of amides is 1. The highest BCUT2D eigenvalue weighted by Gasteiger charge is 2.03. The van der Waals surface area contributed by atoms with Crippen LogP contribution in [0.3, 0.4) is 0 Å². The zero-order chi connectivity index (χ0) is 12.7. The highest BCUT2D eigenvalue weighted by Crippen LogP contribution is 2.09. The van der Waals surface area contributed by atoms with E-state index in [4.69, 9.17) is 0 Å². The second-order valence-electron chi connectivity index (χ2n) is 4.61. The average molecular weight is 237 g/mol. The van der Waals surface area contributed by atoms with E-state index >= 15 is 0 Å². The number of unbranched alkanes of at least 4 members (excludes halogenated alkanes) is 1. The molecule has 4 heteroatoms. The van der Waals surface area contributed by atoms with E-state index in [-0.39, 0.29) is 5.91 Å². The first-order valence-corrected chi connectivity index (χ1v) is 6.43. The van der Waals surface area contributed by atoms with Gasteiger partial charge in [0, 0.05) is 19.2 Å². The molecule has 0 aliphatic heterocycles. The lowest BCUT2D eigenvalue weighted by atomic mass is 10.1. The smallest absolute Gasteiger partial charge is 0.220 e.